The normalized spacial score (nSPS) is 15.2. The smallest absolute Gasteiger partial charge is 0.228 e. The van der Waals surface area contributed by atoms with Gasteiger partial charge in [0.1, 0.15) is 0 Å². The summed E-state index contributed by atoms with van der Waals surface area (Å²) in [6.07, 6.45) is 0.491. The summed E-state index contributed by atoms with van der Waals surface area (Å²) in [5.41, 5.74) is 4.59. The van der Waals surface area contributed by atoms with Crippen molar-refractivity contribution >= 4 is 38.9 Å². The molecule has 2 aromatic rings. The fourth-order valence-corrected chi connectivity index (χ4v) is 4.04. The first-order valence-electron chi connectivity index (χ1n) is 6.18. The zero-order valence-corrected chi connectivity index (χ0v) is 13.2. The van der Waals surface area contributed by atoms with Crippen molar-refractivity contribution in [2.45, 2.75) is 25.1 Å². The molecule has 1 aliphatic rings. The number of nitrogens with one attached hydrogen (secondary N) is 1. The summed E-state index contributed by atoms with van der Waals surface area (Å²) >= 11 is 5.59. The summed E-state index contributed by atoms with van der Waals surface area (Å²) in [6.45, 7) is 4.29. The van der Waals surface area contributed by atoms with Crippen LogP contribution < -0.4 is 5.32 Å². The second kappa shape index (κ2) is 4.76. The molecule has 1 aromatic carbocycles. The number of hydrogen-bond acceptors (Lipinski definition) is 2. The van der Waals surface area contributed by atoms with Crippen molar-refractivity contribution in [2.75, 3.05) is 5.32 Å². The van der Waals surface area contributed by atoms with Crippen LogP contribution in [-0.4, -0.2) is 5.91 Å². The van der Waals surface area contributed by atoms with Gasteiger partial charge >= 0.3 is 0 Å². The molecule has 1 aliphatic heterocycles. The number of carbonyl (C=O) groups is 1. The monoisotopic (exact) mass is 335 g/mol. The van der Waals surface area contributed by atoms with E-state index in [2.05, 4.69) is 53.3 Å². The van der Waals surface area contributed by atoms with Gasteiger partial charge in [0.25, 0.3) is 0 Å². The second-order valence-corrected chi connectivity index (χ2v) is 7.10. The summed E-state index contributed by atoms with van der Waals surface area (Å²) in [5, 5.41) is 2.86. The van der Waals surface area contributed by atoms with Crippen LogP contribution in [0.2, 0.25) is 0 Å². The molecular formula is C15H14BrNOS. The Labute approximate surface area is 125 Å². The summed E-state index contributed by atoms with van der Waals surface area (Å²) in [7, 11) is 0. The number of amides is 1. The van der Waals surface area contributed by atoms with E-state index in [1.807, 2.05) is 17.4 Å². The zero-order chi connectivity index (χ0) is 13.6. The first kappa shape index (κ1) is 12.9. The van der Waals surface area contributed by atoms with E-state index < -0.39 is 0 Å². The number of halogens is 1. The van der Waals surface area contributed by atoms with Crippen molar-refractivity contribution in [1.29, 1.82) is 0 Å². The van der Waals surface area contributed by atoms with Crippen LogP contribution in [0.3, 0.4) is 0 Å². The van der Waals surface area contributed by atoms with E-state index in [0.29, 0.717) is 6.42 Å². The Morgan fingerprint density at radius 3 is 2.79 bits per heavy atom. The van der Waals surface area contributed by atoms with Crippen LogP contribution in [0.5, 0.6) is 0 Å². The Kier molecular flexibility index (Phi) is 3.23. The zero-order valence-electron chi connectivity index (χ0n) is 10.8. The molecule has 0 fully saturated rings. The van der Waals surface area contributed by atoms with Gasteiger partial charge in [-0.25, -0.2) is 0 Å². The van der Waals surface area contributed by atoms with Crippen LogP contribution in [0.15, 0.2) is 24.3 Å². The largest absolute Gasteiger partial charge is 0.326 e. The fourth-order valence-electron chi connectivity index (χ4n) is 2.30. The molecule has 1 amide bonds. The van der Waals surface area contributed by atoms with E-state index in [0.717, 1.165) is 11.3 Å². The lowest BCUT2D eigenvalue weighted by molar-refractivity contribution is -0.115. The van der Waals surface area contributed by atoms with E-state index in [9.17, 15) is 4.79 Å². The minimum absolute atomic E-state index is 0.0843. The number of aryl methyl sites for hydroxylation is 2. The molecule has 1 unspecified atom stereocenters. The minimum atomic E-state index is 0.0843. The van der Waals surface area contributed by atoms with Crippen molar-refractivity contribution < 1.29 is 4.79 Å². The molecule has 2 nitrogen and oxygen atoms in total. The van der Waals surface area contributed by atoms with E-state index in [1.165, 1.54) is 20.9 Å². The lowest BCUT2D eigenvalue weighted by atomic mass is 10.0. The lowest BCUT2D eigenvalue weighted by Crippen LogP contribution is -2.03. The van der Waals surface area contributed by atoms with Gasteiger partial charge in [0.05, 0.1) is 11.2 Å². The number of hydrogen-bond donors (Lipinski definition) is 1. The Hall–Kier alpha value is -1.13. The number of rotatable bonds is 2. The van der Waals surface area contributed by atoms with E-state index in [4.69, 9.17) is 0 Å². The van der Waals surface area contributed by atoms with Gasteiger partial charge in [-0.2, -0.15) is 0 Å². The van der Waals surface area contributed by atoms with Crippen molar-refractivity contribution in [3.8, 4) is 0 Å². The van der Waals surface area contributed by atoms with Crippen molar-refractivity contribution in [3.63, 3.8) is 0 Å². The highest BCUT2D eigenvalue weighted by Gasteiger charge is 2.20. The highest BCUT2D eigenvalue weighted by Crippen LogP contribution is 2.38. The maximum Gasteiger partial charge on any atom is 0.228 e. The van der Waals surface area contributed by atoms with Gasteiger partial charge in [-0.3, -0.25) is 4.79 Å². The molecule has 1 atom stereocenters. The fraction of sp³-hybridized carbons (Fsp3) is 0.267. The van der Waals surface area contributed by atoms with Crippen LogP contribution >= 0.6 is 27.3 Å². The summed E-state index contributed by atoms with van der Waals surface area (Å²) in [4.78, 5) is 14.2. The molecule has 2 heterocycles. The molecule has 0 aliphatic carbocycles. The lowest BCUT2D eigenvalue weighted by Gasteiger charge is -2.09. The molecule has 0 saturated carbocycles. The van der Waals surface area contributed by atoms with Gasteiger partial charge in [0.2, 0.25) is 5.91 Å². The third-order valence-corrected chi connectivity index (χ3v) is 6.02. The van der Waals surface area contributed by atoms with Gasteiger partial charge < -0.3 is 5.32 Å². The maximum absolute atomic E-state index is 11.4. The molecule has 0 spiro atoms. The predicted molar refractivity (Wildman–Crippen MR) is 83.3 cm³/mol. The molecule has 0 radical (unpaired) electrons. The second-order valence-electron chi connectivity index (χ2n) is 4.89. The first-order valence-corrected chi connectivity index (χ1v) is 7.91. The Balaban J connectivity index is 1.94. The molecule has 19 heavy (non-hydrogen) atoms. The third-order valence-electron chi connectivity index (χ3n) is 3.48. The van der Waals surface area contributed by atoms with Crippen LogP contribution in [0, 0.1) is 13.8 Å². The van der Waals surface area contributed by atoms with Gasteiger partial charge in [0, 0.05) is 15.4 Å². The standard InChI is InChI=1S/C15H14BrNOS/c1-8-5-13(19-9(8)2)15(16)10-3-4-12-11(6-10)7-14(18)17-12/h3-6,15H,7H2,1-2H3,(H,17,18). The molecule has 98 valence electrons. The number of benzene rings is 1. The summed E-state index contributed by atoms with van der Waals surface area (Å²) < 4.78 is 0. The van der Waals surface area contributed by atoms with Gasteiger partial charge in [-0.15, -0.1) is 11.3 Å². The predicted octanol–water partition coefficient (Wildman–Crippen LogP) is 4.34. The SMILES string of the molecule is Cc1cc(C(Br)c2ccc3c(c2)CC(=O)N3)sc1C. The van der Waals surface area contributed by atoms with Crippen molar-refractivity contribution in [3.05, 3.63) is 50.7 Å². The van der Waals surface area contributed by atoms with Gasteiger partial charge in [0.15, 0.2) is 0 Å². The molecule has 3 rings (SSSR count). The van der Waals surface area contributed by atoms with Crippen LogP contribution in [0.25, 0.3) is 0 Å². The number of thiophene rings is 1. The average molecular weight is 336 g/mol. The molecule has 1 aromatic heterocycles. The van der Waals surface area contributed by atoms with E-state index >= 15 is 0 Å². The van der Waals surface area contributed by atoms with Crippen molar-refractivity contribution in [2.24, 2.45) is 0 Å². The topological polar surface area (TPSA) is 29.1 Å². The van der Waals surface area contributed by atoms with Crippen LogP contribution in [0.1, 0.15) is 31.3 Å². The number of fused-ring (bicyclic) bond motifs is 1. The Morgan fingerprint density at radius 2 is 2.11 bits per heavy atom. The summed E-state index contributed by atoms with van der Waals surface area (Å²) in [5.74, 6) is 0.0843. The maximum atomic E-state index is 11.4. The highest BCUT2D eigenvalue weighted by molar-refractivity contribution is 9.09. The molecule has 1 N–H and O–H groups in total. The molecule has 4 heteroatoms. The Bertz CT molecular complexity index is 643. The first-order chi connectivity index (χ1) is 9.04. The number of alkyl halides is 1. The van der Waals surface area contributed by atoms with E-state index in [-0.39, 0.29) is 10.7 Å². The molecular weight excluding hydrogens is 322 g/mol. The molecule has 0 bridgehead atoms. The highest BCUT2D eigenvalue weighted by atomic mass is 79.9. The summed E-state index contributed by atoms with van der Waals surface area (Å²) in [6, 6.07) is 8.43. The quantitative estimate of drug-likeness (QED) is 0.812. The van der Waals surface area contributed by atoms with Crippen molar-refractivity contribution in [1.82, 2.24) is 0 Å². The molecule has 0 saturated heterocycles. The Morgan fingerprint density at radius 1 is 1.32 bits per heavy atom. The van der Waals surface area contributed by atoms with Gasteiger partial charge in [-0.1, -0.05) is 28.1 Å². The number of carbonyl (C=O) groups excluding carboxylic acids is 1. The number of anilines is 1. The average Bonchev–Trinajstić information content (AvgIpc) is 2.90. The van der Waals surface area contributed by atoms with Crippen LogP contribution in [0.4, 0.5) is 5.69 Å². The van der Waals surface area contributed by atoms with Gasteiger partial charge in [-0.05, 0) is 42.7 Å². The third kappa shape index (κ3) is 2.35. The van der Waals surface area contributed by atoms with E-state index in [1.54, 1.807) is 0 Å². The minimum Gasteiger partial charge on any atom is -0.326 e. The van der Waals surface area contributed by atoms with Crippen LogP contribution in [-0.2, 0) is 11.2 Å².